The number of hydrogen-bond acceptors (Lipinski definition) is 5. The van der Waals surface area contributed by atoms with Crippen LogP contribution in [0, 0.1) is 0 Å². The van der Waals surface area contributed by atoms with E-state index in [2.05, 4.69) is 11.6 Å². The Hall–Kier alpha value is -2.08. The first-order chi connectivity index (χ1) is 10.9. The zero-order valence-electron chi connectivity index (χ0n) is 13.5. The summed E-state index contributed by atoms with van der Waals surface area (Å²) in [5.41, 5.74) is 1.33. The number of allylic oxidation sites excluding steroid dienone is 1. The van der Waals surface area contributed by atoms with E-state index in [9.17, 15) is 9.59 Å². The normalized spacial score (nSPS) is 12.1. The highest BCUT2D eigenvalue weighted by Crippen LogP contribution is 2.23. The molecule has 0 aliphatic heterocycles. The van der Waals surface area contributed by atoms with Gasteiger partial charge < -0.3 is 4.74 Å². The average molecular weight is 332 g/mol. The standard InChI is InChI=1S/C17H20N2O3S/c1-5-22-16(21)12(4)23-17-18-14-9-7-6-8-13(14)15(20)19(17)10-11(2)3/h6-9,12H,2,5,10H2,1,3-4H3. The zero-order chi connectivity index (χ0) is 17.0. The van der Waals surface area contributed by atoms with E-state index in [0.29, 0.717) is 29.2 Å². The predicted octanol–water partition coefficient (Wildman–Crippen LogP) is 3.02. The van der Waals surface area contributed by atoms with Crippen molar-refractivity contribution in [2.75, 3.05) is 6.61 Å². The lowest BCUT2D eigenvalue weighted by Crippen LogP contribution is -2.26. The maximum absolute atomic E-state index is 12.7. The number of hydrogen-bond donors (Lipinski definition) is 0. The SMILES string of the molecule is C=C(C)Cn1c(SC(C)C(=O)OCC)nc2ccccc2c1=O. The van der Waals surface area contributed by atoms with Gasteiger partial charge in [0.2, 0.25) is 0 Å². The van der Waals surface area contributed by atoms with Crippen LogP contribution in [0.3, 0.4) is 0 Å². The van der Waals surface area contributed by atoms with Crippen LogP contribution in [0.15, 0.2) is 46.4 Å². The summed E-state index contributed by atoms with van der Waals surface area (Å²) in [7, 11) is 0. The molecule has 6 heteroatoms. The van der Waals surface area contributed by atoms with Crippen molar-refractivity contribution >= 4 is 28.6 Å². The van der Waals surface area contributed by atoms with Gasteiger partial charge in [0.05, 0.1) is 17.5 Å². The molecular formula is C17H20N2O3S. The number of carbonyl (C=O) groups excluding carboxylic acids is 1. The highest BCUT2D eigenvalue weighted by molar-refractivity contribution is 8.00. The van der Waals surface area contributed by atoms with Crippen LogP contribution < -0.4 is 5.56 Å². The topological polar surface area (TPSA) is 61.2 Å². The molecule has 0 aliphatic carbocycles. The molecule has 0 radical (unpaired) electrons. The third-order valence-electron chi connectivity index (χ3n) is 3.16. The maximum Gasteiger partial charge on any atom is 0.319 e. The Bertz CT molecular complexity index is 798. The Morgan fingerprint density at radius 1 is 1.43 bits per heavy atom. The molecule has 0 spiro atoms. The molecular weight excluding hydrogens is 312 g/mol. The van der Waals surface area contributed by atoms with Crippen LogP contribution in [0.4, 0.5) is 0 Å². The van der Waals surface area contributed by atoms with Gasteiger partial charge in [-0.15, -0.1) is 0 Å². The molecule has 1 aromatic carbocycles. The molecule has 1 unspecified atom stereocenters. The van der Waals surface area contributed by atoms with Crippen LogP contribution in [0.1, 0.15) is 20.8 Å². The second-order valence-electron chi connectivity index (χ2n) is 5.27. The number of rotatable bonds is 6. The van der Waals surface area contributed by atoms with E-state index in [0.717, 1.165) is 5.57 Å². The fraction of sp³-hybridized carbons (Fsp3) is 0.353. The van der Waals surface area contributed by atoms with Crippen LogP contribution in [-0.4, -0.2) is 27.4 Å². The summed E-state index contributed by atoms with van der Waals surface area (Å²) in [4.78, 5) is 29.1. The molecule has 0 fully saturated rings. The van der Waals surface area contributed by atoms with Crippen molar-refractivity contribution in [2.45, 2.75) is 37.7 Å². The van der Waals surface area contributed by atoms with Gasteiger partial charge in [-0.05, 0) is 32.9 Å². The van der Waals surface area contributed by atoms with E-state index < -0.39 is 5.25 Å². The Labute approximate surface area is 139 Å². The maximum atomic E-state index is 12.7. The molecule has 2 rings (SSSR count). The van der Waals surface area contributed by atoms with Gasteiger partial charge in [0.25, 0.3) is 5.56 Å². The summed E-state index contributed by atoms with van der Waals surface area (Å²) in [6.45, 7) is 9.93. The first kappa shape index (κ1) is 17.3. The first-order valence-corrected chi connectivity index (χ1v) is 8.29. The molecule has 0 saturated carbocycles. The molecule has 0 aliphatic rings. The van der Waals surface area contributed by atoms with Crippen molar-refractivity contribution < 1.29 is 9.53 Å². The van der Waals surface area contributed by atoms with Gasteiger partial charge in [-0.25, -0.2) is 4.98 Å². The van der Waals surface area contributed by atoms with Crippen LogP contribution >= 0.6 is 11.8 Å². The number of thioether (sulfide) groups is 1. The summed E-state index contributed by atoms with van der Waals surface area (Å²) in [5.74, 6) is -0.318. The van der Waals surface area contributed by atoms with Gasteiger partial charge in [0, 0.05) is 6.54 Å². The molecule has 0 saturated heterocycles. The fourth-order valence-electron chi connectivity index (χ4n) is 2.11. The second-order valence-corrected chi connectivity index (χ2v) is 6.58. The molecule has 1 aromatic heterocycles. The number of carbonyl (C=O) groups is 1. The molecule has 1 atom stereocenters. The van der Waals surface area contributed by atoms with Crippen LogP contribution in [0.5, 0.6) is 0 Å². The van der Waals surface area contributed by atoms with Crippen LogP contribution in [-0.2, 0) is 16.1 Å². The highest BCUT2D eigenvalue weighted by Gasteiger charge is 2.20. The lowest BCUT2D eigenvalue weighted by Gasteiger charge is -2.15. The molecule has 0 bridgehead atoms. The summed E-state index contributed by atoms with van der Waals surface area (Å²) >= 11 is 1.23. The average Bonchev–Trinajstić information content (AvgIpc) is 2.51. The molecule has 122 valence electrons. The Morgan fingerprint density at radius 3 is 2.78 bits per heavy atom. The first-order valence-electron chi connectivity index (χ1n) is 7.41. The lowest BCUT2D eigenvalue weighted by atomic mass is 10.2. The van der Waals surface area contributed by atoms with Crippen molar-refractivity contribution in [3.8, 4) is 0 Å². The molecule has 5 nitrogen and oxygen atoms in total. The van der Waals surface area contributed by atoms with E-state index >= 15 is 0 Å². The van der Waals surface area contributed by atoms with E-state index in [1.807, 2.05) is 19.1 Å². The summed E-state index contributed by atoms with van der Waals surface area (Å²) in [6, 6.07) is 7.19. The lowest BCUT2D eigenvalue weighted by molar-refractivity contribution is -0.142. The third-order valence-corrected chi connectivity index (χ3v) is 4.22. The summed E-state index contributed by atoms with van der Waals surface area (Å²) in [5, 5.41) is 0.610. The number of ether oxygens (including phenoxy) is 1. The van der Waals surface area contributed by atoms with Gasteiger partial charge in [0.1, 0.15) is 5.25 Å². The van der Waals surface area contributed by atoms with Crippen molar-refractivity contribution in [1.82, 2.24) is 9.55 Å². The smallest absolute Gasteiger partial charge is 0.319 e. The number of esters is 1. The van der Waals surface area contributed by atoms with E-state index in [4.69, 9.17) is 4.74 Å². The third kappa shape index (κ3) is 4.01. The fourth-order valence-corrected chi connectivity index (χ4v) is 3.02. The van der Waals surface area contributed by atoms with Gasteiger partial charge >= 0.3 is 5.97 Å². The number of aromatic nitrogens is 2. The van der Waals surface area contributed by atoms with Gasteiger partial charge in [-0.1, -0.05) is 36.0 Å². The van der Waals surface area contributed by atoms with Gasteiger partial charge in [-0.2, -0.15) is 0 Å². The largest absolute Gasteiger partial charge is 0.465 e. The minimum atomic E-state index is -0.445. The van der Waals surface area contributed by atoms with Gasteiger partial charge in [-0.3, -0.25) is 14.2 Å². The second kappa shape index (κ2) is 7.46. The molecule has 2 aromatic rings. The van der Waals surface area contributed by atoms with Crippen LogP contribution in [0.2, 0.25) is 0 Å². The van der Waals surface area contributed by atoms with E-state index in [1.54, 1.807) is 30.5 Å². The van der Waals surface area contributed by atoms with Gasteiger partial charge in [0.15, 0.2) is 5.16 Å². The number of fused-ring (bicyclic) bond motifs is 1. The molecule has 1 heterocycles. The molecule has 0 amide bonds. The van der Waals surface area contributed by atoms with Crippen LogP contribution in [0.25, 0.3) is 10.9 Å². The molecule has 0 N–H and O–H groups in total. The highest BCUT2D eigenvalue weighted by atomic mass is 32.2. The monoisotopic (exact) mass is 332 g/mol. The van der Waals surface area contributed by atoms with Crippen molar-refractivity contribution in [2.24, 2.45) is 0 Å². The number of para-hydroxylation sites is 1. The number of benzene rings is 1. The minimum absolute atomic E-state index is 0.128. The van der Waals surface area contributed by atoms with Crippen molar-refractivity contribution in [3.05, 3.63) is 46.8 Å². The van der Waals surface area contributed by atoms with E-state index in [-0.39, 0.29) is 11.5 Å². The Kier molecular flexibility index (Phi) is 5.60. The van der Waals surface area contributed by atoms with E-state index in [1.165, 1.54) is 11.8 Å². The summed E-state index contributed by atoms with van der Waals surface area (Å²) < 4.78 is 6.58. The Balaban J connectivity index is 2.50. The number of nitrogens with zero attached hydrogens (tertiary/aromatic N) is 2. The zero-order valence-corrected chi connectivity index (χ0v) is 14.4. The minimum Gasteiger partial charge on any atom is -0.465 e. The predicted molar refractivity (Wildman–Crippen MR) is 92.8 cm³/mol. The molecule has 23 heavy (non-hydrogen) atoms. The Morgan fingerprint density at radius 2 is 2.13 bits per heavy atom. The van der Waals surface area contributed by atoms with Crippen molar-refractivity contribution in [1.29, 1.82) is 0 Å². The quantitative estimate of drug-likeness (QED) is 0.352. The van der Waals surface area contributed by atoms with Crippen molar-refractivity contribution in [3.63, 3.8) is 0 Å². The summed E-state index contributed by atoms with van der Waals surface area (Å²) in [6.07, 6.45) is 0.